The molecule has 0 saturated carbocycles. The Balaban J connectivity index is 1.44. The number of likely N-dealkylation sites (tertiary alicyclic amines) is 1. The molecule has 2 heterocycles. The number of aromatic nitrogens is 3. The van der Waals surface area contributed by atoms with Crippen molar-refractivity contribution in [2.45, 2.75) is 64.0 Å². The van der Waals surface area contributed by atoms with Crippen LogP contribution in [0.15, 0.2) is 60.7 Å². The lowest BCUT2D eigenvalue weighted by molar-refractivity contribution is 0.116. The second kappa shape index (κ2) is 8.50. The van der Waals surface area contributed by atoms with E-state index in [0.29, 0.717) is 5.92 Å². The average molecular weight is 389 g/mol. The van der Waals surface area contributed by atoms with E-state index in [1.165, 1.54) is 11.1 Å². The van der Waals surface area contributed by atoms with Crippen molar-refractivity contribution in [3.05, 3.63) is 83.4 Å². The molecule has 0 aliphatic carbocycles. The molecule has 3 aromatic rings. The van der Waals surface area contributed by atoms with Gasteiger partial charge in [-0.05, 0) is 57.1 Å². The van der Waals surface area contributed by atoms with E-state index >= 15 is 0 Å². The van der Waals surface area contributed by atoms with Gasteiger partial charge in [0.15, 0.2) is 5.82 Å². The summed E-state index contributed by atoms with van der Waals surface area (Å²) >= 11 is 0. The van der Waals surface area contributed by atoms with E-state index in [4.69, 9.17) is 4.98 Å². The molecule has 0 bridgehead atoms. The van der Waals surface area contributed by atoms with Crippen molar-refractivity contribution in [1.29, 1.82) is 0 Å². The normalized spacial score (nSPS) is 20.2. The first kappa shape index (κ1) is 19.8. The Labute approximate surface area is 174 Å². The van der Waals surface area contributed by atoms with Crippen LogP contribution in [-0.4, -0.2) is 32.2 Å². The van der Waals surface area contributed by atoms with E-state index in [9.17, 15) is 0 Å². The van der Waals surface area contributed by atoms with Gasteiger partial charge < -0.3 is 0 Å². The van der Waals surface area contributed by atoms with Crippen LogP contribution in [-0.2, 0) is 12.8 Å². The Kier molecular flexibility index (Phi) is 5.81. The molecular formula is C25H32N4. The number of benzene rings is 2. The van der Waals surface area contributed by atoms with Crippen LogP contribution in [0.5, 0.6) is 0 Å². The number of aromatic amines is 1. The number of aryl methyl sites for hydroxylation is 2. The van der Waals surface area contributed by atoms with Gasteiger partial charge in [-0.1, -0.05) is 60.7 Å². The van der Waals surface area contributed by atoms with Crippen LogP contribution in [0.2, 0.25) is 0 Å². The van der Waals surface area contributed by atoms with Gasteiger partial charge in [0.05, 0.1) is 6.04 Å². The van der Waals surface area contributed by atoms with Gasteiger partial charge in [0.2, 0.25) is 0 Å². The fourth-order valence-corrected chi connectivity index (χ4v) is 4.46. The SMILES string of the molecule is CC(C)(C)N1C[C@H](c2ccccc2)C[C@H]1c1n[nH]c(CCCc2ccccc2)n1. The number of H-pyrrole nitrogens is 1. The monoisotopic (exact) mass is 388 g/mol. The second-order valence-electron chi connectivity index (χ2n) is 9.16. The molecule has 1 aliphatic rings. The molecule has 1 aliphatic heterocycles. The Morgan fingerprint density at radius 1 is 0.966 bits per heavy atom. The lowest BCUT2D eigenvalue weighted by atomic mass is 9.96. The molecule has 2 atom stereocenters. The third kappa shape index (κ3) is 4.76. The number of nitrogens with zero attached hydrogens (tertiary/aromatic N) is 3. The molecule has 4 heteroatoms. The minimum absolute atomic E-state index is 0.0856. The fourth-order valence-electron chi connectivity index (χ4n) is 4.46. The molecule has 0 spiro atoms. The number of nitrogens with one attached hydrogen (secondary N) is 1. The predicted molar refractivity (Wildman–Crippen MR) is 118 cm³/mol. The first-order valence-electron chi connectivity index (χ1n) is 10.8. The standard InChI is InChI=1S/C25H32N4/c1-25(2,3)29-18-21(20-14-8-5-9-15-20)17-22(29)24-26-23(27-28-24)16-10-13-19-11-6-4-7-12-19/h4-9,11-12,14-15,21-22H,10,13,16-18H2,1-3H3,(H,26,27,28)/t21-,22+/m1/s1. The number of hydrogen-bond donors (Lipinski definition) is 1. The molecular weight excluding hydrogens is 356 g/mol. The van der Waals surface area contributed by atoms with E-state index in [1.54, 1.807) is 0 Å². The highest BCUT2D eigenvalue weighted by Gasteiger charge is 2.41. The minimum atomic E-state index is 0.0856. The third-order valence-electron chi connectivity index (χ3n) is 6.00. The zero-order valence-corrected chi connectivity index (χ0v) is 17.8. The van der Waals surface area contributed by atoms with Gasteiger partial charge in [-0.3, -0.25) is 10.00 Å². The number of rotatable bonds is 6. The smallest absolute Gasteiger partial charge is 0.167 e. The van der Waals surface area contributed by atoms with Gasteiger partial charge in [-0.2, -0.15) is 5.10 Å². The highest BCUT2D eigenvalue weighted by Crippen LogP contribution is 2.43. The Hall–Kier alpha value is -2.46. The predicted octanol–water partition coefficient (Wildman–Crippen LogP) is 5.31. The van der Waals surface area contributed by atoms with Crippen molar-refractivity contribution in [2.75, 3.05) is 6.54 Å². The maximum absolute atomic E-state index is 4.91. The summed E-state index contributed by atoms with van der Waals surface area (Å²) in [5, 5.41) is 7.85. The third-order valence-corrected chi connectivity index (χ3v) is 6.00. The molecule has 4 rings (SSSR count). The minimum Gasteiger partial charge on any atom is -0.288 e. The summed E-state index contributed by atoms with van der Waals surface area (Å²) in [5.74, 6) is 2.49. The van der Waals surface area contributed by atoms with Crippen LogP contribution in [0, 0.1) is 0 Å². The largest absolute Gasteiger partial charge is 0.288 e. The summed E-state index contributed by atoms with van der Waals surface area (Å²) in [7, 11) is 0. The van der Waals surface area contributed by atoms with E-state index in [1.807, 2.05) is 0 Å². The van der Waals surface area contributed by atoms with Crippen molar-refractivity contribution < 1.29 is 0 Å². The molecule has 0 unspecified atom stereocenters. The van der Waals surface area contributed by atoms with Crippen molar-refractivity contribution in [3.8, 4) is 0 Å². The molecule has 1 aromatic heterocycles. The first-order valence-corrected chi connectivity index (χ1v) is 10.8. The Morgan fingerprint density at radius 2 is 1.66 bits per heavy atom. The molecule has 29 heavy (non-hydrogen) atoms. The first-order chi connectivity index (χ1) is 14.0. The molecule has 4 nitrogen and oxygen atoms in total. The summed E-state index contributed by atoms with van der Waals surface area (Å²) in [6.07, 6.45) is 4.16. The second-order valence-corrected chi connectivity index (χ2v) is 9.16. The van der Waals surface area contributed by atoms with Gasteiger partial charge in [0, 0.05) is 18.5 Å². The molecule has 152 valence electrons. The maximum atomic E-state index is 4.91. The van der Waals surface area contributed by atoms with Crippen molar-refractivity contribution in [1.82, 2.24) is 20.1 Å². The summed E-state index contributed by atoms with van der Waals surface area (Å²) in [6.45, 7) is 7.93. The lowest BCUT2D eigenvalue weighted by Gasteiger charge is -2.35. The molecule has 0 amide bonds. The van der Waals surface area contributed by atoms with E-state index in [2.05, 4.69) is 96.5 Å². The lowest BCUT2D eigenvalue weighted by Crippen LogP contribution is -2.41. The zero-order valence-electron chi connectivity index (χ0n) is 17.8. The fraction of sp³-hybridized carbons (Fsp3) is 0.440. The average Bonchev–Trinajstić information content (AvgIpc) is 3.36. The molecule has 1 N–H and O–H groups in total. The van der Waals surface area contributed by atoms with E-state index in [0.717, 1.165) is 43.9 Å². The van der Waals surface area contributed by atoms with E-state index < -0.39 is 0 Å². The van der Waals surface area contributed by atoms with Gasteiger partial charge >= 0.3 is 0 Å². The van der Waals surface area contributed by atoms with Crippen LogP contribution in [0.4, 0.5) is 0 Å². The quantitative estimate of drug-likeness (QED) is 0.622. The Morgan fingerprint density at radius 3 is 2.34 bits per heavy atom. The molecule has 2 aromatic carbocycles. The van der Waals surface area contributed by atoms with Crippen molar-refractivity contribution in [3.63, 3.8) is 0 Å². The Bertz CT molecular complexity index is 895. The summed E-state index contributed by atoms with van der Waals surface area (Å²) in [6, 6.07) is 21.8. The molecule has 0 radical (unpaired) electrons. The van der Waals surface area contributed by atoms with Crippen LogP contribution < -0.4 is 0 Å². The number of hydrogen-bond acceptors (Lipinski definition) is 3. The summed E-state index contributed by atoms with van der Waals surface area (Å²) in [4.78, 5) is 7.48. The van der Waals surface area contributed by atoms with E-state index in [-0.39, 0.29) is 11.6 Å². The molecule has 1 fully saturated rings. The van der Waals surface area contributed by atoms with Gasteiger partial charge in [-0.15, -0.1) is 0 Å². The van der Waals surface area contributed by atoms with Gasteiger partial charge in [0.25, 0.3) is 0 Å². The zero-order chi connectivity index (χ0) is 20.3. The van der Waals surface area contributed by atoms with Crippen molar-refractivity contribution in [2.24, 2.45) is 0 Å². The molecule has 1 saturated heterocycles. The van der Waals surface area contributed by atoms with Crippen LogP contribution in [0.25, 0.3) is 0 Å². The highest BCUT2D eigenvalue weighted by atomic mass is 15.3. The van der Waals surface area contributed by atoms with Crippen LogP contribution in [0.3, 0.4) is 0 Å². The topological polar surface area (TPSA) is 44.8 Å². The van der Waals surface area contributed by atoms with Crippen LogP contribution in [0.1, 0.15) is 68.3 Å². The summed E-state index contributed by atoms with van der Waals surface area (Å²) in [5.41, 5.74) is 2.89. The van der Waals surface area contributed by atoms with Gasteiger partial charge in [-0.25, -0.2) is 4.98 Å². The summed E-state index contributed by atoms with van der Waals surface area (Å²) < 4.78 is 0. The van der Waals surface area contributed by atoms with Crippen LogP contribution >= 0.6 is 0 Å². The van der Waals surface area contributed by atoms with Gasteiger partial charge in [0.1, 0.15) is 5.82 Å². The maximum Gasteiger partial charge on any atom is 0.167 e. The van der Waals surface area contributed by atoms with Crippen molar-refractivity contribution >= 4 is 0 Å². The highest BCUT2D eigenvalue weighted by molar-refractivity contribution is 5.23.